The van der Waals surface area contributed by atoms with Gasteiger partial charge in [-0.1, -0.05) is 0 Å². The van der Waals surface area contributed by atoms with Crippen molar-refractivity contribution < 1.29 is 17.2 Å². The maximum Gasteiger partial charge on any atom is 0.241 e. The highest BCUT2D eigenvalue weighted by molar-refractivity contribution is 8.00. The second-order valence-corrected chi connectivity index (χ2v) is 7.17. The Balaban J connectivity index is 2.26. The van der Waals surface area contributed by atoms with E-state index in [4.69, 9.17) is 5.14 Å². The molecule has 0 atom stereocenters. The largest absolute Gasteiger partial charge is 0.317 e. The highest BCUT2D eigenvalue weighted by atomic mass is 32.2. The third-order valence-corrected chi connectivity index (χ3v) is 5.20. The van der Waals surface area contributed by atoms with Crippen molar-refractivity contribution in [3.8, 4) is 0 Å². The van der Waals surface area contributed by atoms with Gasteiger partial charge in [-0.05, 0) is 38.1 Å². The zero-order chi connectivity index (χ0) is 14.0. The van der Waals surface area contributed by atoms with Gasteiger partial charge in [-0.2, -0.15) is 0 Å². The number of benzene rings is 1. The van der Waals surface area contributed by atoms with Crippen molar-refractivity contribution in [1.29, 1.82) is 0 Å². The first kappa shape index (κ1) is 14.7. The van der Waals surface area contributed by atoms with Crippen LogP contribution in [0.2, 0.25) is 0 Å². The van der Waals surface area contributed by atoms with E-state index in [1.807, 2.05) is 0 Å². The first-order valence-electron chi connectivity index (χ1n) is 5.78. The van der Waals surface area contributed by atoms with E-state index >= 15 is 0 Å². The van der Waals surface area contributed by atoms with Crippen LogP contribution in [0.15, 0.2) is 21.9 Å². The molecule has 1 saturated heterocycles. The maximum atomic E-state index is 13.8. The summed E-state index contributed by atoms with van der Waals surface area (Å²) in [7, 11) is -4.24. The SMILES string of the molecule is NS(=O)(=O)c1ccc(SC2CCNCC2)c(F)c1F. The fourth-order valence-electron chi connectivity index (χ4n) is 1.92. The molecule has 0 radical (unpaired) electrons. The lowest BCUT2D eigenvalue weighted by molar-refractivity contribution is 0.468. The Morgan fingerprint density at radius 2 is 1.84 bits per heavy atom. The molecule has 1 heterocycles. The van der Waals surface area contributed by atoms with Crippen LogP contribution in [0.4, 0.5) is 8.78 Å². The van der Waals surface area contributed by atoms with Crippen LogP contribution in [0.3, 0.4) is 0 Å². The minimum absolute atomic E-state index is 0.122. The third-order valence-electron chi connectivity index (χ3n) is 2.90. The fourth-order valence-corrected chi connectivity index (χ4v) is 3.68. The van der Waals surface area contributed by atoms with Crippen molar-refractivity contribution in [3.63, 3.8) is 0 Å². The summed E-state index contributed by atoms with van der Waals surface area (Å²) < 4.78 is 49.6. The van der Waals surface area contributed by atoms with Crippen LogP contribution in [0.1, 0.15) is 12.8 Å². The second-order valence-electron chi connectivity index (χ2n) is 4.30. The van der Waals surface area contributed by atoms with E-state index in [1.54, 1.807) is 0 Å². The van der Waals surface area contributed by atoms with Crippen molar-refractivity contribution in [2.24, 2.45) is 5.14 Å². The number of hydrogen-bond acceptors (Lipinski definition) is 4. The standard InChI is InChI=1S/C11H14F2N2O2S2/c12-10-8(18-7-3-5-15-6-4-7)1-2-9(11(10)13)19(14,16)17/h1-2,7,15H,3-6H2,(H2,14,16,17). The molecule has 0 aromatic heterocycles. The molecule has 0 spiro atoms. The van der Waals surface area contributed by atoms with E-state index in [9.17, 15) is 17.2 Å². The summed E-state index contributed by atoms with van der Waals surface area (Å²) in [6.07, 6.45) is 1.73. The van der Waals surface area contributed by atoms with Crippen LogP contribution in [-0.4, -0.2) is 26.8 Å². The molecular weight excluding hydrogens is 294 g/mol. The van der Waals surface area contributed by atoms with Crippen molar-refractivity contribution in [2.45, 2.75) is 27.9 Å². The van der Waals surface area contributed by atoms with Crippen LogP contribution in [-0.2, 0) is 10.0 Å². The molecule has 19 heavy (non-hydrogen) atoms. The quantitative estimate of drug-likeness (QED) is 0.886. The van der Waals surface area contributed by atoms with Gasteiger partial charge >= 0.3 is 0 Å². The average Bonchev–Trinajstić information content (AvgIpc) is 2.35. The summed E-state index contributed by atoms with van der Waals surface area (Å²) in [4.78, 5) is -0.684. The van der Waals surface area contributed by atoms with Crippen molar-refractivity contribution in [3.05, 3.63) is 23.8 Å². The predicted octanol–water partition coefficient (Wildman–Crippen LogP) is 1.46. The lowest BCUT2D eigenvalue weighted by Crippen LogP contribution is -2.29. The van der Waals surface area contributed by atoms with E-state index in [0.717, 1.165) is 32.0 Å². The van der Waals surface area contributed by atoms with E-state index in [1.165, 1.54) is 17.8 Å². The molecule has 106 valence electrons. The van der Waals surface area contributed by atoms with Gasteiger partial charge in [0, 0.05) is 10.1 Å². The zero-order valence-corrected chi connectivity index (χ0v) is 11.7. The fraction of sp³-hybridized carbons (Fsp3) is 0.455. The normalized spacial score (nSPS) is 17.6. The number of halogens is 2. The van der Waals surface area contributed by atoms with Crippen molar-refractivity contribution in [1.82, 2.24) is 5.32 Å². The number of piperidine rings is 1. The lowest BCUT2D eigenvalue weighted by atomic mass is 10.2. The van der Waals surface area contributed by atoms with E-state index in [2.05, 4.69) is 5.32 Å². The highest BCUT2D eigenvalue weighted by Gasteiger charge is 2.23. The first-order valence-corrected chi connectivity index (χ1v) is 8.20. The Labute approximate surface area is 114 Å². The monoisotopic (exact) mass is 308 g/mol. The Morgan fingerprint density at radius 1 is 1.21 bits per heavy atom. The summed E-state index contributed by atoms with van der Waals surface area (Å²) in [6.45, 7) is 1.69. The molecular formula is C11H14F2N2O2S2. The van der Waals surface area contributed by atoms with Gasteiger partial charge < -0.3 is 5.32 Å². The number of thioether (sulfide) groups is 1. The molecule has 1 aromatic carbocycles. The molecule has 1 aliphatic heterocycles. The van der Waals surface area contributed by atoms with Crippen LogP contribution >= 0.6 is 11.8 Å². The van der Waals surface area contributed by atoms with E-state index in [-0.39, 0.29) is 10.1 Å². The van der Waals surface area contributed by atoms with Gasteiger partial charge in [0.05, 0.1) is 0 Å². The van der Waals surface area contributed by atoms with Gasteiger partial charge in [-0.15, -0.1) is 11.8 Å². The Morgan fingerprint density at radius 3 is 2.42 bits per heavy atom. The highest BCUT2D eigenvalue weighted by Crippen LogP contribution is 2.33. The molecule has 0 aliphatic carbocycles. The molecule has 1 aliphatic rings. The Hall–Kier alpha value is -0.700. The number of sulfonamides is 1. The summed E-state index contributed by atoms with van der Waals surface area (Å²) in [5.41, 5.74) is 0. The number of nitrogens with one attached hydrogen (secondary N) is 1. The minimum atomic E-state index is -4.24. The van der Waals surface area contributed by atoms with Crippen LogP contribution in [0, 0.1) is 11.6 Å². The maximum absolute atomic E-state index is 13.8. The summed E-state index contributed by atoms with van der Waals surface area (Å²) in [5.74, 6) is -2.54. The van der Waals surface area contributed by atoms with Gasteiger partial charge in [0.1, 0.15) is 4.90 Å². The molecule has 0 amide bonds. The topological polar surface area (TPSA) is 72.2 Å². The smallest absolute Gasteiger partial charge is 0.241 e. The van der Waals surface area contributed by atoms with Crippen LogP contribution in [0.5, 0.6) is 0 Å². The Kier molecular flexibility index (Phi) is 4.44. The van der Waals surface area contributed by atoms with Gasteiger partial charge in [-0.3, -0.25) is 0 Å². The van der Waals surface area contributed by atoms with E-state index < -0.39 is 26.6 Å². The molecule has 3 N–H and O–H groups in total. The molecule has 1 aromatic rings. The Bertz CT molecular complexity index is 572. The van der Waals surface area contributed by atoms with Gasteiger partial charge in [-0.25, -0.2) is 22.3 Å². The second kappa shape index (κ2) is 5.74. The van der Waals surface area contributed by atoms with Gasteiger partial charge in [0.15, 0.2) is 11.6 Å². The summed E-state index contributed by atoms with van der Waals surface area (Å²) in [6, 6.07) is 2.28. The minimum Gasteiger partial charge on any atom is -0.317 e. The average molecular weight is 308 g/mol. The van der Waals surface area contributed by atoms with Gasteiger partial charge in [0.25, 0.3) is 0 Å². The number of primary sulfonamides is 1. The van der Waals surface area contributed by atoms with Crippen LogP contribution < -0.4 is 10.5 Å². The molecule has 2 rings (SSSR count). The summed E-state index contributed by atoms with van der Waals surface area (Å²) >= 11 is 1.23. The summed E-state index contributed by atoms with van der Waals surface area (Å²) in [5, 5.41) is 8.19. The molecule has 0 unspecified atom stereocenters. The van der Waals surface area contributed by atoms with E-state index in [0.29, 0.717) is 0 Å². The zero-order valence-electron chi connectivity index (χ0n) is 10.0. The van der Waals surface area contributed by atoms with Crippen molar-refractivity contribution >= 4 is 21.8 Å². The molecule has 0 bridgehead atoms. The molecule has 4 nitrogen and oxygen atoms in total. The van der Waals surface area contributed by atoms with Crippen LogP contribution in [0.25, 0.3) is 0 Å². The molecule has 1 fully saturated rings. The number of nitrogens with two attached hydrogens (primary N) is 1. The molecule has 8 heteroatoms. The first-order chi connectivity index (χ1) is 8.89. The number of rotatable bonds is 3. The predicted molar refractivity (Wildman–Crippen MR) is 69.5 cm³/mol. The number of hydrogen-bond donors (Lipinski definition) is 2. The lowest BCUT2D eigenvalue weighted by Gasteiger charge is -2.22. The molecule has 0 saturated carbocycles. The van der Waals surface area contributed by atoms with Gasteiger partial charge in [0.2, 0.25) is 10.0 Å². The third kappa shape index (κ3) is 3.44. The van der Waals surface area contributed by atoms with Crippen molar-refractivity contribution in [2.75, 3.05) is 13.1 Å².